The fourth-order valence-electron chi connectivity index (χ4n) is 2.44. The van der Waals surface area contributed by atoms with Crippen LogP contribution in [0.3, 0.4) is 0 Å². The number of halogens is 1. The number of aromatic nitrogens is 2. The summed E-state index contributed by atoms with van der Waals surface area (Å²) >= 11 is 6.24. The summed E-state index contributed by atoms with van der Waals surface area (Å²) in [5, 5.41) is 29.8. The molecule has 2 heterocycles. The molecule has 2 aromatic heterocycles. The van der Waals surface area contributed by atoms with Gasteiger partial charge in [0.05, 0.1) is 10.9 Å². The van der Waals surface area contributed by atoms with Crippen LogP contribution in [-0.2, 0) is 6.42 Å². The Balaban J connectivity index is 1.81. The third kappa shape index (κ3) is 2.73. The van der Waals surface area contributed by atoms with E-state index in [0.717, 1.165) is 21.0 Å². The smallest absolute Gasteiger partial charge is 0.196 e. The fraction of sp³-hybridized carbons (Fsp3) is 0.188. The fourth-order valence-corrected chi connectivity index (χ4v) is 2.73. The Morgan fingerprint density at radius 2 is 1.82 bits per heavy atom. The van der Waals surface area contributed by atoms with Gasteiger partial charge in [0, 0.05) is 23.7 Å². The first kappa shape index (κ1) is 14.7. The Morgan fingerprint density at radius 1 is 1.09 bits per heavy atom. The minimum atomic E-state index is -1.23. The Bertz CT molecular complexity index is 783. The van der Waals surface area contributed by atoms with Gasteiger partial charge in [-0.2, -0.15) is 0 Å². The maximum atomic E-state index is 10.2. The van der Waals surface area contributed by atoms with Crippen LogP contribution in [0.25, 0.3) is 10.9 Å². The molecule has 6 heteroatoms. The van der Waals surface area contributed by atoms with E-state index in [9.17, 15) is 15.3 Å². The highest BCUT2D eigenvalue weighted by Crippen LogP contribution is 2.30. The van der Waals surface area contributed by atoms with Crippen LogP contribution in [0, 0.1) is 0 Å². The van der Waals surface area contributed by atoms with Crippen molar-refractivity contribution in [3.8, 4) is 11.8 Å². The minimum Gasteiger partial charge on any atom is -0.494 e. The van der Waals surface area contributed by atoms with Gasteiger partial charge >= 0.3 is 0 Å². The van der Waals surface area contributed by atoms with Gasteiger partial charge in [-0.25, -0.2) is 0 Å². The van der Waals surface area contributed by atoms with Crippen LogP contribution < -0.4 is 0 Å². The molecule has 0 amide bonds. The first-order valence-corrected chi connectivity index (χ1v) is 7.25. The predicted molar refractivity (Wildman–Crippen MR) is 84.1 cm³/mol. The largest absolute Gasteiger partial charge is 0.494 e. The number of alkyl halides is 1. The van der Waals surface area contributed by atoms with E-state index in [4.69, 9.17) is 11.6 Å². The molecule has 22 heavy (non-hydrogen) atoms. The van der Waals surface area contributed by atoms with Crippen molar-refractivity contribution >= 4 is 22.5 Å². The molecule has 114 valence electrons. The van der Waals surface area contributed by atoms with Crippen molar-refractivity contribution in [2.24, 2.45) is 0 Å². The summed E-state index contributed by atoms with van der Waals surface area (Å²) in [5.41, 5.74) is 1.82. The third-order valence-corrected chi connectivity index (χ3v) is 3.94. The van der Waals surface area contributed by atoms with Crippen LogP contribution in [0.1, 0.15) is 11.8 Å². The SMILES string of the molecule is Oc1ccc(O)n1C(O)C(Cl)Cc1ccc2ncccc2c1. The van der Waals surface area contributed by atoms with Gasteiger partial charge in [-0.15, -0.1) is 11.6 Å². The summed E-state index contributed by atoms with van der Waals surface area (Å²) in [5.74, 6) is -0.475. The van der Waals surface area contributed by atoms with Gasteiger partial charge in [0.1, 0.15) is 0 Å². The molecule has 0 aliphatic heterocycles. The quantitative estimate of drug-likeness (QED) is 0.646. The van der Waals surface area contributed by atoms with Gasteiger partial charge in [0.25, 0.3) is 0 Å². The number of benzene rings is 1. The van der Waals surface area contributed by atoms with Crippen molar-refractivity contribution in [3.63, 3.8) is 0 Å². The Hall–Kier alpha value is -2.24. The van der Waals surface area contributed by atoms with Crippen LogP contribution in [0.5, 0.6) is 11.8 Å². The lowest BCUT2D eigenvalue weighted by atomic mass is 10.1. The zero-order valence-electron chi connectivity index (χ0n) is 11.6. The lowest BCUT2D eigenvalue weighted by molar-refractivity contribution is 0.0823. The average molecular weight is 319 g/mol. The van der Waals surface area contributed by atoms with E-state index in [2.05, 4.69) is 4.98 Å². The molecule has 3 aromatic rings. The Kier molecular flexibility index (Phi) is 3.92. The zero-order chi connectivity index (χ0) is 15.7. The maximum absolute atomic E-state index is 10.2. The molecule has 0 saturated heterocycles. The Morgan fingerprint density at radius 3 is 2.55 bits per heavy atom. The van der Waals surface area contributed by atoms with Gasteiger partial charge in [0.2, 0.25) is 0 Å². The van der Waals surface area contributed by atoms with Gasteiger partial charge < -0.3 is 15.3 Å². The standard InChI is InChI=1S/C16H15ClN2O3/c17-12(16(22)19-14(20)5-6-15(19)21)9-10-3-4-13-11(8-10)2-1-7-18-13/h1-8,12,16,20-22H,9H2. The second-order valence-electron chi connectivity index (χ2n) is 5.08. The van der Waals surface area contributed by atoms with E-state index in [1.165, 1.54) is 12.1 Å². The van der Waals surface area contributed by atoms with E-state index < -0.39 is 11.6 Å². The van der Waals surface area contributed by atoms with Gasteiger partial charge in [0.15, 0.2) is 18.0 Å². The summed E-state index contributed by atoms with van der Waals surface area (Å²) in [4.78, 5) is 4.25. The van der Waals surface area contributed by atoms with Gasteiger partial charge in [-0.1, -0.05) is 12.1 Å². The number of hydrogen-bond acceptors (Lipinski definition) is 4. The summed E-state index contributed by atoms with van der Waals surface area (Å²) in [6.45, 7) is 0. The molecular formula is C16H15ClN2O3. The predicted octanol–water partition coefficient (Wildman–Crippen LogP) is 2.79. The van der Waals surface area contributed by atoms with Crippen molar-refractivity contribution in [2.75, 3.05) is 0 Å². The molecule has 0 spiro atoms. The number of pyridine rings is 1. The molecule has 3 rings (SSSR count). The second-order valence-corrected chi connectivity index (χ2v) is 5.64. The van der Waals surface area contributed by atoms with E-state index >= 15 is 0 Å². The van der Waals surface area contributed by atoms with E-state index in [0.29, 0.717) is 6.42 Å². The number of aliphatic hydroxyl groups is 1. The molecule has 0 aliphatic rings. The number of aromatic hydroxyl groups is 2. The van der Waals surface area contributed by atoms with Gasteiger partial charge in [-0.05, 0) is 30.2 Å². The van der Waals surface area contributed by atoms with Crippen molar-refractivity contribution in [1.29, 1.82) is 0 Å². The van der Waals surface area contributed by atoms with Crippen LogP contribution in [0.15, 0.2) is 48.7 Å². The van der Waals surface area contributed by atoms with Crippen molar-refractivity contribution < 1.29 is 15.3 Å². The second kappa shape index (κ2) is 5.87. The molecule has 1 aromatic carbocycles. The molecule has 5 nitrogen and oxygen atoms in total. The molecule has 2 atom stereocenters. The number of aliphatic hydroxyl groups excluding tert-OH is 1. The highest BCUT2D eigenvalue weighted by atomic mass is 35.5. The number of nitrogens with zero attached hydrogens (tertiary/aromatic N) is 2. The molecule has 0 radical (unpaired) electrons. The molecular weight excluding hydrogens is 304 g/mol. The number of rotatable bonds is 4. The minimum absolute atomic E-state index is 0.238. The average Bonchev–Trinajstić information content (AvgIpc) is 2.85. The van der Waals surface area contributed by atoms with E-state index in [-0.39, 0.29) is 11.8 Å². The topological polar surface area (TPSA) is 78.5 Å². The molecule has 0 bridgehead atoms. The Labute approximate surface area is 132 Å². The zero-order valence-corrected chi connectivity index (χ0v) is 12.4. The van der Waals surface area contributed by atoms with Crippen molar-refractivity contribution in [1.82, 2.24) is 9.55 Å². The lowest BCUT2D eigenvalue weighted by Crippen LogP contribution is -2.21. The summed E-state index contributed by atoms with van der Waals surface area (Å²) < 4.78 is 0.986. The van der Waals surface area contributed by atoms with Crippen molar-refractivity contribution in [3.05, 3.63) is 54.2 Å². The van der Waals surface area contributed by atoms with E-state index in [1.54, 1.807) is 6.20 Å². The monoisotopic (exact) mass is 318 g/mol. The maximum Gasteiger partial charge on any atom is 0.196 e. The first-order chi connectivity index (χ1) is 10.6. The third-order valence-electron chi connectivity index (χ3n) is 3.56. The van der Waals surface area contributed by atoms with Crippen LogP contribution in [-0.4, -0.2) is 30.2 Å². The lowest BCUT2D eigenvalue weighted by Gasteiger charge is -2.20. The molecule has 2 unspecified atom stereocenters. The normalized spacial score (nSPS) is 14.1. The summed E-state index contributed by atoms with van der Waals surface area (Å²) in [6, 6.07) is 12.1. The van der Waals surface area contributed by atoms with E-state index in [1.807, 2.05) is 30.3 Å². The highest BCUT2D eigenvalue weighted by molar-refractivity contribution is 6.21. The summed E-state index contributed by atoms with van der Waals surface area (Å²) in [6.07, 6.45) is 0.875. The van der Waals surface area contributed by atoms with Crippen LogP contribution >= 0.6 is 11.6 Å². The van der Waals surface area contributed by atoms with Crippen LogP contribution in [0.4, 0.5) is 0 Å². The molecule has 0 fully saturated rings. The number of hydrogen-bond donors (Lipinski definition) is 3. The first-order valence-electron chi connectivity index (χ1n) is 6.81. The molecule has 0 aliphatic carbocycles. The molecule has 3 N–H and O–H groups in total. The molecule has 0 saturated carbocycles. The van der Waals surface area contributed by atoms with Crippen molar-refractivity contribution in [2.45, 2.75) is 18.0 Å². The number of fused-ring (bicyclic) bond motifs is 1. The highest BCUT2D eigenvalue weighted by Gasteiger charge is 2.23. The van der Waals surface area contributed by atoms with Gasteiger partial charge in [-0.3, -0.25) is 9.55 Å². The van der Waals surface area contributed by atoms with Crippen LogP contribution in [0.2, 0.25) is 0 Å². The summed E-state index contributed by atoms with van der Waals surface area (Å²) in [7, 11) is 0.